The Bertz CT molecular complexity index is 3160. The van der Waals surface area contributed by atoms with E-state index >= 15 is 0 Å². The maximum atomic E-state index is 14.1. The number of aryl methyl sites for hydroxylation is 3. The second-order valence-electron chi connectivity index (χ2n) is 22.5. The quantitative estimate of drug-likeness (QED) is 0.0228. The molecule has 80 heavy (non-hydrogen) atoms. The number of rotatable bonds is 23. The number of thiazole rings is 1. The number of amides is 5. The van der Waals surface area contributed by atoms with E-state index in [1.807, 2.05) is 127 Å². The number of pyridine rings is 1. The van der Waals surface area contributed by atoms with Gasteiger partial charge in [-0.25, -0.2) is 9.98 Å². The molecule has 3 aromatic heterocycles. The van der Waals surface area contributed by atoms with Crippen LogP contribution in [0.2, 0.25) is 0 Å². The first-order valence-electron chi connectivity index (χ1n) is 27.7. The van der Waals surface area contributed by atoms with Crippen molar-refractivity contribution in [3.63, 3.8) is 0 Å². The van der Waals surface area contributed by atoms with Crippen molar-refractivity contribution < 1.29 is 29.1 Å². The lowest BCUT2D eigenvalue weighted by Crippen LogP contribution is -2.57. The summed E-state index contributed by atoms with van der Waals surface area (Å²) < 4.78 is 1.90. The topological polar surface area (TPSA) is 239 Å². The number of piperazine rings is 1. The van der Waals surface area contributed by atoms with Crippen molar-refractivity contribution in [2.75, 3.05) is 45.8 Å². The van der Waals surface area contributed by atoms with Crippen LogP contribution in [0.25, 0.3) is 26.9 Å². The number of carbonyl (C=O) groups is 5. The maximum Gasteiger partial charge on any atom is 0.253 e. The standard InChI is InChI=1S/C60H80N12O7S/c1-37(2)72-49-30-44(29-46(48(49)34-66-72)56(76)64-33-47-39(4)28-40(5)67-57(47)77)38(3)16-21-51(61-10)70-26-24-69(25-27-70)23-22-62-52(74)14-12-11-13-15-53(75)68-55(60(7,8)9)59(79)71-35-45(73)31-50(71)58(78)63-32-42-17-19-43(20-18-42)54-41(6)65-36-80-54/h16-21,28-30,34,36-37,45,50,55,73H,10-15,22-27,31-33,35H2,1-9H3,(H,62,74)(H,63,78)(H,64,76)(H,67,77)(H,68,75)/b38-16+,51-21+/t45-,50+,55-/m1/s1. The summed E-state index contributed by atoms with van der Waals surface area (Å²) in [6.07, 6.45) is 7.20. The van der Waals surface area contributed by atoms with Gasteiger partial charge in [-0.3, -0.25) is 38.3 Å². The Kier molecular flexibility index (Phi) is 20.6. The summed E-state index contributed by atoms with van der Waals surface area (Å²) in [7, 11) is 0. The third-order valence-corrected chi connectivity index (χ3v) is 15.9. The number of carbonyl (C=O) groups excluding carboxylic acids is 5. The highest BCUT2D eigenvalue weighted by molar-refractivity contribution is 7.13. The molecule has 2 aromatic carbocycles. The Morgan fingerprint density at radius 1 is 0.925 bits per heavy atom. The second kappa shape index (κ2) is 27.2. The van der Waals surface area contributed by atoms with Crippen LogP contribution in [0.5, 0.6) is 0 Å². The number of benzene rings is 2. The molecule has 0 unspecified atom stereocenters. The molecule has 20 heteroatoms. The number of aromatic nitrogens is 4. The van der Waals surface area contributed by atoms with Crippen molar-refractivity contribution in [3.05, 3.63) is 122 Å². The molecule has 2 aliphatic rings. The third-order valence-electron chi connectivity index (χ3n) is 14.9. The number of unbranched alkanes of at least 4 members (excludes halogenated alkanes) is 2. The van der Waals surface area contributed by atoms with Crippen molar-refractivity contribution >= 4 is 64.1 Å². The predicted molar refractivity (Wildman–Crippen MR) is 315 cm³/mol. The molecule has 0 bridgehead atoms. The van der Waals surface area contributed by atoms with Crippen LogP contribution in [0.3, 0.4) is 0 Å². The van der Waals surface area contributed by atoms with Crippen LogP contribution < -0.4 is 26.8 Å². The van der Waals surface area contributed by atoms with E-state index in [1.165, 1.54) is 4.90 Å². The number of aliphatic imine (C=N–C) groups is 1. The highest BCUT2D eigenvalue weighted by Gasteiger charge is 2.44. The zero-order valence-corrected chi connectivity index (χ0v) is 48.7. The molecule has 5 amide bonds. The molecule has 2 saturated heterocycles. The molecular formula is C60H80N12O7S. The Hall–Kier alpha value is -7.29. The smallest absolute Gasteiger partial charge is 0.253 e. The molecule has 3 atom stereocenters. The first kappa shape index (κ1) is 60.4. The van der Waals surface area contributed by atoms with Gasteiger partial charge in [0.1, 0.15) is 17.9 Å². The monoisotopic (exact) mass is 1110 g/mol. The van der Waals surface area contributed by atoms with Gasteiger partial charge in [0.25, 0.3) is 11.5 Å². The molecule has 2 aliphatic heterocycles. The summed E-state index contributed by atoms with van der Waals surface area (Å²) in [4.78, 5) is 98.6. The van der Waals surface area contributed by atoms with Gasteiger partial charge < -0.3 is 41.2 Å². The van der Waals surface area contributed by atoms with Gasteiger partial charge in [-0.2, -0.15) is 5.10 Å². The molecule has 0 aliphatic carbocycles. The van der Waals surface area contributed by atoms with Crippen molar-refractivity contribution in [1.82, 2.24) is 55.7 Å². The van der Waals surface area contributed by atoms with E-state index in [0.29, 0.717) is 49.9 Å². The van der Waals surface area contributed by atoms with Crippen LogP contribution in [0, 0.1) is 26.2 Å². The van der Waals surface area contributed by atoms with Crippen LogP contribution in [-0.4, -0.2) is 140 Å². The number of H-pyrrole nitrogens is 1. The average Bonchev–Trinajstić information content (AvgIpc) is 4.17. The number of aromatic amines is 1. The summed E-state index contributed by atoms with van der Waals surface area (Å²) >= 11 is 1.57. The Labute approximate surface area is 473 Å². The summed E-state index contributed by atoms with van der Waals surface area (Å²) in [5.41, 5.74) is 8.97. The number of likely N-dealkylation sites (tertiary alicyclic amines) is 1. The number of aliphatic hydroxyl groups is 1. The fraction of sp³-hybridized carbons (Fsp3) is 0.483. The number of hydrogen-bond donors (Lipinski definition) is 6. The molecule has 5 aromatic rings. The molecule has 428 valence electrons. The van der Waals surface area contributed by atoms with Crippen LogP contribution in [0.1, 0.15) is 130 Å². The number of nitrogens with one attached hydrogen (secondary N) is 5. The zero-order valence-electron chi connectivity index (χ0n) is 47.9. The van der Waals surface area contributed by atoms with Crippen LogP contribution in [-0.2, 0) is 32.3 Å². The minimum atomic E-state index is -0.917. The highest BCUT2D eigenvalue weighted by Crippen LogP contribution is 2.30. The van der Waals surface area contributed by atoms with E-state index in [0.717, 1.165) is 87.0 Å². The molecule has 6 N–H and O–H groups in total. The predicted octanol–water partition coefficient (Wildman–Crippen LogP) is 6.72. The van der Waals surface area contributed by atoms with Gasteiger partial charge in [0.05, 0.1) is 39.5 Å². The maximum absolute atomic E-state index is 14.1. The number of fused-ring (bicyclic) bond motifs is 1. The van der Waals surface area contributed by atoms with Gasteiger partial charge >= 0.3 is 0 Å². The summed E-state index contributed by atoms with van der Waals surface area (Å²) in [6.45, 7) is 25.7. The van der Waals surface area contributed by atoms with E-state index in [2.05, 4.69) is 57.8 Å². The largest absolute Gasteiger partial charge is 0.391 e. The number of nitrogens with zero attached hydrogens (tertiary/aromatic N) is 7. The lowest BCUT2D eigenvalue weighted by Gasteiger charge is -2.35. The minimum absolute atomic E-state index is 0.00532. The van der Waals surface area contributed by atoms with Crippen LogP contribution in [0.15, 0.2) is 81.9 Å². The third kappa shape index (κ3) is 15.5. The normalized spacial score (nSPS) is 16.7. The first-order valence-corrected chi connectivity index (χ1v) is 28.6. The lowest BCUT2D eigenvalue weighted by atomic mass is 9.85. The van der Waals surface area contributed by atoms with Gasteiger partial charge in [-0.1, -0.05) is 57.5 Å². The summed E-state index contributed by atoms with van der Waals surface area (Å²) in [5, 5.41) is 27.8. The van der Waals surface area contributed by atoms with E-state index in [-0.39, 0.29) is 67.7 Å². The SMILES string of the molecule is C=N/C(=C\C=C(/C)c1cc(C(=O)NCc2c(C)cc(C)[nH]c2=O)c2cnn(C(C)C)c2c1)N1CCN(CCNC(=O)CCCCCC(=O)N[C@H](C(=O)N2C[C@H](O)C[C@H]2C(=O)NCc2ccc(-c3scnc3C)cc2)C(C)(C)C)CC1. The van der Waals surface area contributed by atoms with Gasteiger partial charge in [0.2, 0.25) is 23.6 Å². The molecule has 7 rings (SSSR count). The Balaban J connectivity index is 0.816. The molecule has 19 nitrogen and oxygen atoms in total. The Morgan fingerprint density at radius 2 is 1.64 bits per heavy atom. The van der Waals surface area contributed by atoms with E-state index < -0.39 is 29.5 Å². The van der Waals surface area contributed by atoms with E-state index in [4.69, 9.17) is 0 Å². The molecule has 2 fully saturated rings. The summed E-state index contributed by atoms with van der Waals surface area (Å²) in [6, 6.07) is 11.9. The van der Waals surface area contributed by atoms with Gasteiger partial charge in [0, 0.05) is 101 Å². The number of aliphatic hydroxyl groups excluding tert-OH is 1. The van der Waals surface area contributed by atoms with Gasteiger partial charge in [-0.05, 0) is 119 Å². The average molecular weight is 1110 g/mol. The lowest BCUT2D eigenvalue weighted by molar-refractivity contribution is -0.144. The van der Waals surface area contributed by atoms with Gasteiger partial charge in [-0.15, -0.1) is 11.3 Å². The minimum Gasteiger partial charge on any atom is -0.391 e. The van der Waals surface area contributed by atoms with Crippen molar-refractivity contribution in [1.29, 1.82) is 0 Å². The second-order valence-corrected chi connectivity index (χ2v) is 23.3. The molecular weight excluding hydrogens is 1030 g/mol. The number of hydrogen-bond acceptors (Lipinski definition) is 13. The van der Waals surface area contributed by atoms with Crippen LogP contribution in [0.4, 0.5) is 0 Å². The van der Waals surface area contributed by atoms with Gasteiger partial charge in [0.15, 0.2) is 0 Å². The van der Waals surface area contributed by atoms with E-state index in [9.17, 15) is 33.9 Å². The first-order chi connectivity index (χ1) is 38.1. The molecule has 0 spiro atoms. The van der Waals surface area contributed by atoms with Crippen molar-refractivity contribution in [2.24, 2.45) is 10.4 Å². The Morgan fingerprint density at radius 3 is 2.29 bits per heavy atom. The summed E-state index contributed by atoms with van der Waals surface area (Å²) in [5.74, 6) is -0.672. The fourth-order valence-corrected chi connectivity index (χ4v) is 11.1. The number of β-amino-alcohol motifs (C(OH)–C–C–N with tert-alkyl or cyclic N) is 1. The molecule has 5 heterocycles. The van der Waals surface area contributed by atoms with Crippen molar-refractivity contribution in [2.45, 2.75) is 138 Å². The highest BCUT2D eigenvalue weighted by atomic mass is 32.1. The number of allylic oxidation sites excluding steroid dienone is 3. The molecule has 0 radical (unpaired) electrons. The molecule has 0 saturated carbocycles. The zero-order chi connectivity index (χ0) is 57.8. The fourth-order valence-electron chi connectivity index (χ4n) is 10.3. The van der Waals surface area contributed by atoms with E-state index in [1.54, 1.807) is 17.5 Å². The van der Waals surface area contributed by atoms with Crippen LogP contribution >= 0.6 is 11.3 Å². The van der Waals surface area contributed by atoms with Crippen molar-refractivity contribution in [3.8, 4) is 10.4 Å².